The van der Waals surface area contributed by atoms with Gasteiger partial charge in [0.1, 0.15) is 0 Å². The molecule has 9 aromatic rings. The number of anilines is 3. The molecule has 1 aliphatic rings. The summed E-state index contributed by atoms with van der Waals surface area (Å²) in [6.07, 6.45) is 6.87. The summed E-state index contributed by atoms with van der Waals surface area (Å²) in [6.45, 7) is 0. The van der Waals surface area contributed by atoms with Crippen LogP contribution in [0.2, 0.25) is 0 Å². The Morgan fingerprint density at radius 3 is 1.90 bits per heavy atom. The summed E-state index contributed by atoms with van der Waals surface area (Å²) in [4.78, 5) is 3.93. The highest BCUT2D eigenvalue weighted by Gasteiger charge is 2.21. The highest BCUT2D eigenvalue weighted by Crippen LogP contribution is 2.46. The van der Waals surface area contributed by atoms with Crippen molar-refractivity contribution in [3.8, 4) is 22.3 Å². The Bertz CT molecular complexity index is 2750. The molecule has 0 atom stereocenters. The van der Waals surface area contributed by atoms with Crippen LogP contribution < -0.4 is 4.90 Å². The highest BCUT2D eigenvalue weighted by molar-refractivity contribution is 7.20. The van der Waals surface area contributed by atoms with Crippen LogP contribution in [0.5, 0.6) is 0 Å². The molecule has 50 heavy (non-hydrogen) atoms. The van der Waals surface area contributed by atoms with Crippen molar-refractivity contribution in [3.05, 3.63) is 180 Å². The minimum Gasteiger partial charge on any atom is -0.309 e. The molecule has 8 aromatic carbocycles. The van der Waals surface area contributed by atoms with E-state index in [1.165, 1.54) is 80.8 Å². The van der Waals surface area contributed by atoms with Crippen molar-refractivity contribution in [1.29, 1.82) is 0 Å². The van der Waals surface area contributed by atoms with Crippen molar-refractivity contribution < 1.29 is 0 Å². The van der Waals surface area contributed by atoms with Gasteiger partial charge in [0.15, 0.2) is 0 Å². The van der Waals surface area contributed by atoms with Gasteiger partial charge in [0, 0.05) is 21.6 Å². The maximum atomic E-state index is 2.44. The molecule has 0 spiro atoms. The molecular formula is C48H33NS. The maximum Gasteiger partial charge on any atom is 0.0640 e. The van der Waals surface area contributed by atoms with Crippen molar-refractivity contribution in [2.24, 2.45) is 0 Å². The van der Waals surface area contributed by atoms with E-state index in [9.17, 15) is 0 Å². The van der Waals surface area contributed by atoms with E-state index >= 15 is 0 Å². The van der Waals surface area contributed by atoms with E-state index in [4.69, 9.17) is 0 Å². The van der Waals surface area contributed by atoms with Crippen molar-refractivity contribution in [2.45, 2.75) is 12.8 Å². The molecule has 236 valence electrons. The fraction of sp³-hybridized carbons (Fsp3) is 0.0417. The molecular weight excluding hydrogens is 623 g/mol. The number of hydrogen-bond donors (Lipinski definition) is 0. The Labute approximate surface area is 296 Å². The lowest BCUT2D eigenvalue weighted by atomic mass is 9.93. The van der Waals surface area contributed by atoms with Crippen molar-refractivity contribution in [1.82, 2.24) is 0 Å². The summed E-state index contributed by atoms with van der Waals surface area (Å²) < 4.78 is 1.34. The average Bonchev–Trinajstić information content (AvgIpc) is 3.58. The molecule has 1 aliphatic carbocycles. The number of fused-ring (bicyclic) bond motifs is 7. The maximum absolute atomic E-state index is 2.44. The van der Waals surface area contributed by atoms with E-state index < -0.39 is 0 Å². The topological polar surface area (TPSA) is 3.24 Å². The molecule has 0 N–H and O–H groups in total. The summed E-state index contributed by atoms with van der Waals surface area (Å²) in [6, 6.07) is 60.2. The number of thiophene rings is 1. The molecule has 0 radical (unpaired) electrons. The fourth-order valence-corrected chi connectivity index (χ4v) is 9.12. The van der Waals surface area contributed by atoms with Gasteiger partial charge in [-0.15, -0.1) is 11.3 Å². The third kappa shape index (κ3) is 4.83. The molecule has 0 aliphatic heterocycles. The van der Waals surface area contributed by atoms with Gasteiger partial charge in [-0.05, 0) is 115 Å². The highest BCUT2D eigenvalue weighted by atomic mass is 32.1. The van der Waals surface area contributed by atoms with E-state index in [0.717, 1.165) is 24.2 Å². The van der Waals surface area contributed by atoms with Crippen molar-refractivity contribution in [2.75, 3.05) is 4.90 Å². The molecule has 10 rings (SSSR count). The first-order valence-electron chi connectivity index (χ1n) is 17.4. The smallest absolute Gasteiger partial charge is 0.0640 e. The lowest BCUT2D eigenvalue weighted by Crippen LogP contribution is -2.10. The lowest BCUT2D eigenvalue weighted by Gasteiger charge is -2.26. The van der Waals surface area contributed by atoms with Gasteiger partial charge in [-0.1, -0.05) is 133 Å². The third-order valence-corrected chi connectivity index (χ3v) is 11.6. The number of allylic oxidation sites excluding steroid dienone is 1. The lowest BCUT2D eigenvalue weighted by molar-refractivity contribution is 1.02. The molecule has 0 saturated carbocycles. The molecule has 0 amide bonds. The number of nitrogens with zero attached hydrogens (tertiary/aromatic N) is 1. The minimum absolute atomic E-state index is 1.11. The van der Waals surface area contributed by atoms with Crippen LogP contribution in [0.1, 0.15) is 16.9 Å². The zero-order chi connectivity index (χ0) is 33.0. The van der Waals surface area contributed by atoms with E-state index in [1.54, 1.807) is 0 Å². The summed E-state index contributed by atoms with van der Waals surface area (Å²) in [7, 11) is 0. The van der Waals surface area contributed by atoms with Crippen LogP contribution in [0.4, 0.5) is 17.1 Å². The molecule has 0 fully saturated rings. The number of aryl methyl sites for hydroxylation is 1. The molecule has 2 heteroatoms. The van der Waals surface area contributed by atoms with E-state index in [2.05, 4.69) is 181 Å². The zero-order valence-electron chi connectivity index (χ0n) is 27.5. The van der Waals surface area contributed by atoms with E-state index in [0.29, 0.717) is 0 Å². The Morgan fingerprint density at radius 1 is 0.460 bits per heavy atom. The van der Waals surface area contributed by atoms with Gasteiger partial charge in [-0.25, -0.2) is 0 Å². The first-order valence-corrected chi connectivity index (χ1v) is 18.2. The van der Waals surface area contributed by atoms with Crippen LogP contribution in [-0.4, -0.2) is 0 Å². The number of benzene rings is 8. The van der Waals surface area contributed by atoms with Crippen LogP contribution in [0.15, 0.2) is 170 Å². The monoisotopic (exact) mass is 655 g/mol. The Morgan fingerprint density at radius 2 is 1.10 bits per heavy atom. The minimum atomic E-state index is 1.11. The number of hydrogen-bond acceptors (Lipinski definition) is 2. The Balaban J connectivity index is 1.11. The standard InChI is InChI=1S/C48H33NS/c1-2-11-35-30-36(21-20-32(35)10-1)33-22-26-38(27-23-33)49(46-18-9-17-44-43-16-7-8-19-47(43)50-48(44)46)39-28-24-34(25-29-39)45-31-37-12-3-4-13-40(37)41-14-5-6-15-42(41)45/h1-7,9-18,20-31H,8,19H2. The predicted octanol–water partition coefficient (Wildman–Crippen LogP) is 14.1. The third-order valence-electron chi connectivity index (χ3n) is 10.3. The van der Waals surface area contributed by atoms with Crippen LogP contribution in [0.25, 0.3) is 70.7 Å². The van der Waals surface area contributed by atoms with Crippen LogP contribution >= 0.6 is 11.3 Å². The molecule has 1 nitrogen and oxygen atoms in total. The van der Waals surface area contributed by atoms with Crippen LogP contribution in [0, 0.1) is 0 Å². The number of rotatable bonds is 5. The van der Waals surface area contributed by atoms with Crippen LogP contribution in [-0.2, 0) is 6.42 Å². The Hall–Kier alpha value is -5.96. The van der Waals surface area contributed by atoms with Crippen molar-refractivity contribution in [3.63, 3.8) is 0 Å². The largest absolute Gasteiger partial charge is 0.309 e. The van der Waals surface area contributed by atoms with E-state index in [-0.39, 0.29) is 0 Å². The SMILES string of the molecule is C1=Cc2c(sc3c(N(c4ccc(-c5ccc6ccccc6c5)cc4)c4ccc(-c5cc6ccccc6c6ccccc56)cc4)cccc23)CC1. The zero-order valence-corrected chi connectivity index (χ0v) is 28.3. The molecule has 1 heterocycles. The first kappa shape index (κ1) is 29.0. The first-order chi connectivity index (χ1) is 24.8. The molecule has 0 unspecified atom stereocenters. The second kappa shape index (κ2) is 11.9. The van der Waals surface area contributed by atoms with Gasteiger partial charge in [0.05, 0.1) is 10.4 Å². The molecule has 1 aromatic heterocycles. The second-order valence-corrected chi connectivity index (χ2v) is 14.3. The fourth-order valence-electron chi connectivity index (χ4n) is 7.81. The van der Waals surface area contributed by atoms with Gasteiger partial charge in [-0.3, -0.25) is 0 Å². The predicted molar refractivity (Wildman–Crippen MR) is 217 cm³/mol. The Kier molecular flexibility index (Phi) is 6.89. The van der Waals surface area contributed by atoms with Crippen LogP contribution in [0.3, 0.4) is 0 Å². The molecule has 0 bridgehead atoms. The summed E-state index contributed by atoms with van der Waals surface area (Å²) in [5.41, 5.74) is 9.83. The second-order valence-electron chi connectivity index (χ2n) is 13.2. The summed E-state index contributed by atoms with van der Waals surface area (Å²) in [5.74, 6) is 0. The van der Waals surface area contributed by atoms with Crippen molar-refractivity contribution >= 4 is 76.9 Å². The normalized spacial score (nSPS) is 12.6. The molecule has 0 saturated heterocycles. The summed E-state index contributed by atoms with van der Waals surface area (Å²) in [5, 5.41) is 9.00. The van der Waals surface area contributed by atoms with E-state index in [1.807, 2.05) is 11.3 Å². The van der Waals surface area contributed by atoms with Gasteiger partial charge >= 0.3 is 0 Å². The average molecular weight is 656 g/mol. The van der Waals surface area contributed by atoms with Gasteiger partial charge in [-0.2, -0.15) is 0 Å². The van der Waals surface area contributed by atoms with Gasteiger partial charge in [0.2, 0.25) is 0 Å². The van der Waals surface area contributed by atoms with Gasteiger partial charge < -0.3 is 4.90 Å². The summed E-state index contributed by atoms with van der Waals surface area (Å²) >= 11 is 1.95. The van der Waals surface area contributed by atoms with Gasteiger partial charge in [0.25, 0.3) is 0 Å². The quantitative estimate of drug-likeness (QED) is 0.167.